The molecule has 2 aromatic rings. The highest BCUT2D eigenvalue weighted by molar-refractivity contribution is 6.33. The minimum atomic E-state index is -0.829. The Morgan fingerprint density at radius 3 is 2.85 bits per heavy atom. The first-order valence-electron chi connectivity index (χ1n) is 5.70. The Labute approximate surface area is 119 Å². The van der Waals surface area contributed by atoms with Crippen molar-refractivity contribution >= 4 is 23.1 Å². The number of hydrogen-bond donors (Lipinski definition) is 2. The summed E-state index contributed by atoms with van der Waals surface area (Å²) in [5.41, 5.74) is 0.323. The van der Waals surface area contributed by atoms with E-state index in [9.17, 15) is 15.2 Å². The number of halogens is 1. The van der Waals surface area contributed by atoms with E-state index in [2.05, 4.69) is 15.3 Å². The molecule has 0 bridgehead atoms. The molecule has 0 fully saturated rings. The van der Waals surface area contributed by atoms with Crippen molar-refractivity contribution in [1.82, 2.24) is 9.97 Å². The zero-order valence-electron chi connectivity index (χ0n) is 10.2. The third-order valence-corrected chi connectivity index (χ3v) is 2.82. The highest BCUT2D eigenvalue weighted by atomic mass is 35.5. The zero-order chi connectivity index (χ0) is 14.5. The van der Waals surface area contributed by atoms with E-state index in [1.807, 2.05) is 0 Å². The molecule has 104 valence electrons. The van der Waals surface area contributed by atoms with Crippen molar-refractivity contribution in [3.63, 3.8) is 0 Å². The molecular formula is C12H11ClN4O3. The number of hydrogen-bond acceptors (Lipinski definition) is 6. The molecule has 8 heteroatoms. The molecular weight excluding hydrogens is 284 g/mol. The fourth-order valence-electron chi connectivity index (χ4n) is 1.53. The highest BCUT2D eigenvalue weighted by Crippen LogP contribution is 2.24. The molecule has 1 atom stereocenters. The predicted molar refractivity (Wildman–Crippen MR) is 73.6 cm³/mol. The molecule has 0 saturated carbocycles. The molecule has 7 nitrogen and oxygen atoms in total. The second-order valence-corrected chi connectivity index (χ2v) is 4.34. The van der Waals surface area contributed by atoms with Crippen molar-refractivity contribution < 1.29 is 10.0 Å². The molecule has 0 saturated heterocycles. The highest BCUT2D eigenvalue weighted by Gasteiger charge is 2.13. The summed E-state index contributed by atoms with van der Waals surface area (Å²) in [5.74, 6) is 0.271. The summed E-state index contributed by atoms with van der Waals surface area (Å²) in [4.78, 5) is 17.8. The number of nitrogens with one attached hydrogen (secondary N) is 1. The number of rotatable bonds is 5. The first-order chi connectivity index (χ1) is 9.58. The van der Waals surface area contributed by atoms with Crippen LogP contribution in [0.5, 0.6) is 0 Å². The molecule has 2 N–H and O–H groups in total. The van der Waals surface area contributed by atoms with Crippen molar-refractivity contribution in [2.24, 2.45) is 0 Å². The first kappa shape index (κ1) is 14.2. The van der Waals surface area contributed by atoms with Crippen LogP contribution in [0.25, 0.3) is 0 Å². The van der Waals surface area contributed by atoms with Crippen molar-refractivity contribution in [1.29, 1.82) is 0 Å². The molecule has 0 amide bonds. The second kappa shape index (κ2) is 6.27. The molecule has 20 heavy (non-hydrogen) atoms. The van der Waals surface area contributed by atoms with Gasteiger partial charge in [-0.1, -0.05) is 17.7 Å². The number of aliphatic hydroxyl groups excluding tert-OH is 1. The maximum atomic E-state index is 10.6. The number of anilines is 1. The molecule has 2 aromatic heterocycles. The van der Waals surface area contributed by atoms with E-state index in [0.29, 0.717) is 5.69 Å². The number of aliphatic hydroxyl groups is 1. The van der Waals surface area contributed by atoms with Crippen LogP contribution >= 0.6 is 11.6 Å². The third kappa shape index (κ3) is 3.40. The van der Waals surface area contributed by atoms with E-state index in [-0.39, 0.29) is 23.1 Å². The van der Waals surface area contributed by atoms with Crippen LogP contribution in [-0.4, -0.2) is 26.5 Å². The normalized spacial score (nSPS) is 11.9. The predicted octanol–water partition coefficient (Wildman–Crippen LogP) is 2.18. The van der Waals surface area contributed by atoms with Crippen LogP contribution in [0.3, 0.4) is 0 Å². The standard InChI is InChI=1S/C12H11ClN4O3/c13-9-5-8(17(19)20)6-15-12(9)16-7-11(18)10-3-1-2-4-14-10/h1-6,11,18H,7H2,(H,15,16)/t11-/m1/s1. The SMILES string of the molecule is O=[N+]([O-])c1cnc(NC[C@@H](O)c2ccccn2)c(Cl)c1. The molecule has 0 radical (unpaired) electrons. The summed E-state index contributed by atoms with van der Waals surface area (Å²) in [6.07, 6.45) is 1.85. The van der Waals surface area contributed by atoms with Gasteiger partial charge in [0.15, 0.2) is 0 Å². The number of aromatic nitrogens is 2. The minimum absolute atomic E-state index is 0.118. The van der Waals surface area contributed by atoms with E-state index in [4.69, 9.17) is 11.6 Å². The van der Waals surface area contributed by atoms with E-state index in [1.54, 1.807) is 24.4 Å². The Balaban J connectivity index is 2.02. The van der Waals surface area contributed by atoms with E-state index in [0.717, 1.165) is 6.20 Å². The van der Waals surface area contributed by atoms with Gasteiger partial charge in [-0.3, -0.25) is 15.1 Å². The van der Waals surface area contributed by atoms with Crippen LogP contribution in [0.2, 0.25) is 5.02 Å². The number of pyridine rings is 2. The Bertz CT molecular complexity index is 609. The van der Waals surface area contributed by atoms with Gasteiger partial charge in [-0.15, -0.1) is 0 Å². The van der Waals surface area contributed by atoms with Crippen LogP contribution in [-0.2, 0) is 0 Å². The lowest BCUT2D eigenvalue weighted by Crippen LogP contribution is -2.14. The lowest BCUT2D eigenvalue weighted by atomic mass is 10.2. The van der Waals surface area contributed by atoms with Crippen LogP contribution < -0.4 is 5.32 Å². The summed E-state index contributed by atoms with van der Waals surface area (Å²) in [6.45, 7) is 0.140. The van der Waals surface area contributed by atoms with Crippen LogP contribution in [0.15, 0.2) is 36.7 Å². The minimum Gasteiger partial charge on any atom is -0.385 e. The zero-order valence-corrected chi connectivity index (χ0v) is 11.0. The van der Waals surface area contributed by atoms with Gasteiger partial charge in [0.25, 0.3) is 5.69 Å². The molecule has 2 rings (SSSR count). The Morgan fingerprint density at radius 2 is 2.25 bits per heavy atom. The maximum Gasteiger partial charge on any atom is 0.289 e. The third-order valence-electron chi connectivity index (χ3n) is 2.53. The molecule has 0 aliphatic carbocycles. The lowest BCUT2D eigenvalue weighted by molar-refractivity contribution is -0.385. The van der Waals surface area contributed by atoms with Crippen LogP contribution in [0, 0.1) is 10.1 Å². The Morgan fingerprint density at radius 1 is 1.45 bits per heavy atom. The van der Waals surface area contributed by atoms with Gasteiger partial charge < -0.3 is 10.4 Å². The average Bonchev–Trinajstić information content (AvgIpc) is 2.46. The summed E-state index contributed by atoms with van der Waals surface area (Å²) in [5, 5.41) is 23.4. The molecule has 0 unspecified atom stereocenters. The number of nitro groups is 1. The Kier molecular flexibility index (Phi) is 4.44. The molecule has 2 heterocycles. The van der Waals surface area contributed by atoms with Gasteiger partial charge in [0.1, 0.15) is 18.1 Å². The molecule has 0 aliphatic rings. The van der Waals surface area contributed by atoms with E-state index in [1.165, 1.54) is 6.07 Å². The molecule has 0 aliphatic heterocycles. The lowest BCUT2D eigenvalue weighted by Gasteiger charge is -2.12. The summed E-state index contributed by atoms with van der Waals surface area (Å²) in [6, 6.07) is 6.41. The quantitative estimate of drug-likeness (QED) is 0.647. The first-order valence-corrected chi connectivity index (χ1v) is 6.08. The second-order valence-electron chi connectivity index (χ2n) is 3.93. The van der Waals surface area contributed by atoms with Gasteiger partial charge in [0.05, 0.1) is 15.6 Å². The smallest absolute Gasteiger partial charge is 0.289 e. The largest absolute Gasteiger partial charge is 0.385 e. The summed E-state index contributed by atoms with van der Waals surface area (Å²) < 4.78 is 0. The number of nitrogens with zero attached hydrogens (tertiary/aromatic N) is 3. The summed E-state index contributed by atoms with van der Waals surface area (Å²) >= 11 is 5.88. The van der Waals surface area contributed by atoms with Crippen molar-refractivity contribution in [2.45, 2.75) is 6.10 Å². The molecule has 0 spiro atoms. The fraction of sp³-hybridized carbons (Fsp3) is 0.167. The monoisotopic (exact) mass is 294 g/mol. The van der Waals surface area contributed by atoms with Gasteiger partial charge in [-0.25, -0.2) is 4.98 Å². The van der Waals surface area contributed by atoms with Gasteiger partial charge in [-0.05, 0) is 12.1 Å². The van der Waals surface area contributed by atoms with Crippen LogP contribution in [0.4, 0.5) is 11.5 Å². The summed E-state index contributed by atoms with van der Waals surface area (Å²) in [7, 11) is 0. The molecule has 0 aromatic carbocycles. The van der Waals surface area contributed by atoms with Gasteiger partial charge in [-0.2, -0.15) is 0 Å². The van der Waals surface area contributed by atoms with Crippen LogP contribution in [0.1, 0.15) is 11.8 Å². The maximum absolute atomic E-state index is 10.6. The van der Waals surface area contributed by atoms with Gasteiger partial charge in [0, 0.05) is 18.8 Å². The van der Waals surface area contributed by atoms with Gasteiger partial charge >= 0.3 is 0 Å². The van der Waals surface area contributed by atoms with E-state index >= 15 is 0 Å². The van der Waals surface area contributed by atoms with Crippen molar-refractivity contribution in [2.75, 3.05) is 11.9 Å². The van der Waals surface area contributed by atoms with Crippen molar-refractivity contribution in [3.05, 3.63) is 57.5 Å². The van der Waals surface area contributed by atoms with E-state index < -0.39 is 11.0 Å². The fourth-order valence-corrected chi connectivity index (χ4v) is 1.76. The van der Waals surface area contributed by atoms with Crippen molar-refractivity contribution in [3.8, 4) is 0 Å². The Hall–Kier alpha value is -2.25. The topological polar surface area (TPSA) is 101 Å². The van der Waals surface area contributed by atoms with Gasteiger partial charge in [0.2, 0.25) is 0 Å². The average molecular weight is 295 g/mol.